The van der Waals surface area contributed by atoms with Crippen molar-refractivity contribution in [2.75, 3.05) is 19.0 Å². The van der Waals surface area contributed by atoms with Gasteiger partial charge in [0.25, 0.3) is 0 Å². The molecular weight excluding hydrogens is 228 g/mol. The summed E-state index contributed by atoms with van der Waals surface area (Å²) in [6, 6.07) is 0. The molecule has 0 aromatic carbocycles. The highest BCUT2D eigenvalue weighted by Gasteiger charge is 2.10. The Hall–Kier alpha value is -0.770. The second-order valence-electron chi connectivity index (χ2n) is 4.89. The fourth-order valence-electron chi connectivity index (χ4n) is 1.03. The summed E-state index contributed by atoms with van der Waals surface area (Å²) in [5.41, 5.74) is 0.222. The first-order valence-electron chi connectivity index (χ1n) is 5.44. The van der Waals surface area contributed by atoms with E-state index < -0.39 is 0 Å². The highest BCUT2D eigenvalue weighted by molar-refractivity contribution is 6.27. The number of hydrogen-bond donors (Lipinski definition) is 2. The Morgan fingerprint density at radius 1 is 1.06 bits per heavy atom. The van der Waals surface area contributed by atoms with Crippen molar-refractivity contribution >= 4 is 23.4 Å². The maximum absolute atomic E-state index is 11.3. The van der Waals surface area contributed by atoms with E-state index in [4.69, 9.17) is 11.6 Å². The van der Waals surface area contributed by atoms with Gasteiger partial charge in [0.1, 0.15) is 5.88 Å². The van der Waals surface area contributed by atoms with Crippen LogP contribution in [-0.4, -0.2) is 30.8 Å². The molecule has 4 nitrogen and oxygen atoms in total. The summed E-state index contributed by atoms with van der Waals surface area (Å²) in [5, 5.41) is 5.35. The molecule has 0 saturated heterocycles. The maximum Gasteiger partial charge on any atom is 0.234 e. The minimum Gasteiger partial charge on any atom is -0.356 e. The van der Waals surface area contributed by atoms with Gasteiger partial charge in [0.15, 0.2) is 0 Å². The van der Waals surface area contributed by atoms with Gasteiger partial charge in [-0.2, -0.15) is 0 Å². The second-order valence-corrected chi connectivity index (χ2v) is 5.16. The number of nitrogens with one attached hydrogen (secondary N) is 2. The summed E-state index contributed by atoms with van der Waals surface area (Å²) in [4.78, 5) is 22.1. The molecule has 5 heteroatoms. The predicted molar refractivity (Wildman–Crippen MR) is 65.4 cm³/mol. The lowest BCUT2D eigenvalue weighted by atomic mass is 9.92. The molecule has 0 aromatic rings. The van der Waals surface area contributed by atoms with Gasteiger partial charge in [0.2, 0.25) is 11.8 Å². The van der Waals surface area contributed by atoms with Gasteiger partial charge in [-0.25, -0.2) is 0 Å². The molecule has 0 heterocycles. The Labute approximate surface area is 102 Å². The Kier molecular flexibility index (Phi) is 7.13. The van der Waals surface area contributed by atoms with E-state index in [9.17, 15) is 9.59 Å². The first kappa shape index (κ1) is 15.2. The van der Waals surface area contributed by atoms with Crippen LogP contribution in [0.1, 0.15) is 33.6 Å². The lowest BCUT2D eigenvalue weighted by molar-refractivity contribution is -0.121. The Bertz CT molecular complexity index is 237. The van der Waals surface area contributed by atoms with E-state index in [2.05, 4.69) is 31.4 Å². The quantitative estimate of drug-likeness (QED) is 0.696. The van der Waals surface area contributed by atoms with E-state index in [0.717, 1.165) is 6.42 Å². The van der Waals surface area contributed by atoms with Gasteiger partial charge in [0, 0.05) is 19.5 Å². The standard InChI is InChI=1S/C11H21ClN2O2/c1-11(2,3)5-7-14-9(15)4-6-13-10(16)8-12/h4-8H2,1-3H3,(H,13,16)(H,14,15). The van der Waals surface area contributed by atoms with Gasteiger partial charge in [0.05, 0.1) is 0 Å². The van der Waals surface area contributed by atoms with Crippen molar-refractivity contribution in [3.63, 3.8) is 0 Å². The molecule has 0 bridgehead atoms. The van der Waals surface area contributed by atoms with Gasteiger partial charge >= 0.3 is 0 Å². The van der Waals surface area contributed by atoms with E-state index in [1.165, 1.54) is 0 Å². The van der Waals surface area contributed by atoms with Gasteiger partial charge in [-0.3, -0.25) is 9.59 Å². The van der Waals surface area contributed by atoms with Crippen LogP contribution < -0.4 is 10.6 Å². The van der Waals surface area contributed by atoms with Crippen LogP contribution >= 0.6 is 11.6 Å². The van der Waals surface area contributed by atoms with E-state index in [-0.39, 0.29) is 23.1 Å². The molecule has 0 aliphatic carbocycles. The lowest BCUT2D eigenvalue weighted by Gasteiger charge is -2.17. The van der Waals surface area contributed by atoms with Gasteiger partial charge in [-0.05, 0) is 11.8 Å². The third-order valence-electron chi connectivity index (χ3n) is 1.99. The molecule has 0 unspecified atom stereocenters. The lowest BCUT2D eigenvalue weighted by Crippen LogP contribution is -2.32. The Morgan fingerprint density at radius 3 is 2.12 bits per heavy atom. The fraction of sp³-hybridized carbons (Fsp3) is 0.818. The normalized spacial score (nSPS) is 11.0. The molecule has 0 spiro atoms. The third kappa shape index (κ3) is 9.77. The zero-order valence-electron chi connectivity index (χ0n) is 10.2. The van der Waals surface area contributed by atoms with Crippen molar-refractivity contribution in [2.24, 2.45) is 5.41 Å². The zero-order chi connectivity index (χ0) is 12.6. The molecule has 0 aliphatic rings. The van der Waals surface area contributed by atoms with Crippen molar-refractivity contribution in [3.05, 3.63) is 0 Å². The van der Waals surface area contributed by atoms with Crippen molar-refractivity contribution in [3.8, 4) is 0 Å². The molecule has 0 aromatic heterocycles. The maximum atomic E-state index is 11.3. The minimum absolute atomic E-state index is 0.0425. The van der Waals surface area contributed by atoms with E-state index >= 15 is 0 Å². The fourth-order valence-corrected chi connectivity index (χ4v) is 1.12. The average molecular weight is 249 g/mol. The minimum atomic E-state index is -0.246. The number of carbonyl (C=O) groups excluding carboxylic acids is 2. The highest BCUT2D eigenvalue weighted by Crippen LogP contribution is 2.16. The number of amides is 2. The van der Waals surface area contributed by atoms with Crippen molar-refractivity contribution in [1.82, 2.24) is 10.6 Å². The summed E-state index contributed by atoms with van der Waals surface area (Å²) in [5.74, 6) is -0.352. The monoisotopic (exact) mass is 248 g/mol. The number of carbonyl (C=O) groups is 2. The first-order chi connectivity index (χ1) is 7.35. The van der Waals surface area contributed by atoms with Gasteiger partial charge in [-0.15, -0.1) is 11.6 Å². The summed E-state index contributed by atoms with van der Waals surface area (Å²) in [6.45, 7) is 7.39. The predicted octanol–water partition coefficient (Wildman–Crippen LogP) is 1.28. The molecule has 0 atom stereocenters. The average Bonchev–Trinajstić information content (AvgIpc) is 2.15. The summed E-state index contributed by atoms with van der Waals surface area (Å²) in [7, 11) is 0. The van der Waals surface area contributed by atoms with Crippen LogP contribution in [0.25, 0.3) is 0 Å². The number of hydrogen-bond acceptors (Lipinski definition) is 2. The number of halogens is 1. The van der Waals surface area contributed by atoms with Crippen LogP contribution in [0, 0.1) is 5.41 Å². The SMILES string of the molecule is CC(C)(C)CCNC(=O)CCNC(=O)CCl. The summed E-state index contributed by atoms with van der Waals surface area (Å²) < 4.78 is 0. The molecule has 0 aliphatic heterocycles. The zero-order valence-corrected chi connectivity index (χ0v) is 11.0. The molecule has 0 rings (SSSR count). The van der Waals surface area contributed by atoms with Crippen molar-refractivity contribution in [1.29, 1.82) is 0 Å². The second kappa shape index (κ2) is 7.49. The smallest absolute Gasteiger partial charge is 0.234 e. The van der Waals surface area contributed by atoms with Crippen LogP contribution in [0.3, 0.4) is 0 Å². The summed E-state index contributed by atoms with van der Waals surface area (Å²) in [6.07, 6.45) is 1.24. The molecule has 2 amide bonds. The van der Waals surface area contributed by atoms with E-state index in [0.29, 0.717) is 19.5 Å². The first-order valence-corrected chi connectivity index (χ1v) is 5.98. The van der Waals surface area contributed by atoms with Crippen molar-refractivity contribution in [2.45, 2.75) is 33.6 Å². The van der Waals surface area contributed by atoms with Crippen LogP contribution in [0.5, 0.6) is 0 Å². The molecular formula is C11H21ClN2O2. The van der Waals surface area contributed by atoms with Crippen molar-refractivity contribution < 1.29 is 9.59 Å². The number of alkyl halides is 1. The number of rotatable bonds is 6. The molecule has 2 N–H and O–H groups in total. The Morgan fingerprint density at radius 2 is 1.62 bits per heavy atom. The van der Waals surface area contributed by atoms with Crippen LogP contribution in [0.15, 0.2) is 0 Å². The molecule has 16 heavy (non-hydrogen) atoms. The van der Waals surface area contributed by atoms with Crippen LogP contribution in [0.4, 0.5) is 0 Å². The molecule has 0 saturated carbocycles. The molecule has 0 fully saturated rings. The van der Waals surface area contributed by atoms with Crippen LogP contribution in [-0.2, 0) is 9.59 Å². The highest BCUT2D eigenvalue weighted by atomic mass is 35.5. The topological polar surface area (TPSA) is 58.2 Å². The third-order valence-corrected chi connectivity index (χ3v) is 2.24. The summed E-state index contributed by atoms with van der Waals surface area (Å²) >= 11 is 5.29. The van der Waals surface area contributed by atoms with Crippen LogP contribution in [0.2, 0.25) is 0 Å². The van der Waals surface area contributed by atoms with E-state index in [1.807, 2.05) is 0 Å². The van der Waals surface area contributed by atoms with Gasteiger partial charge in [-0.1, -0.05) is 20.8 Å². The Balaban J connectivity index is 3.49. The molecule has 0 radical (unpaired) electrons. The largest absolute Gasteiger partial charge is 0.356 e. The molecule has 94 valence electrons. The van der Waals surface area contributed by atoms with E-state index in [1.54, 1.807) is 0 Å². The van der Waals surface area contributed by atoms with Gasteiger partial charge < -0.3 is 10.6 Å².